The minimum absolute atomic E-state index is 0.267. The third-order valence-corrected chi connectivity index (χ3v) is 2.21. The summed E-state index contributed by atoms with van der Waals surface area (Å²) >= 11 is 0. The molecule has 15 heavy (non-hydrogen) atoms. The smallest absolute Gasteiger partial charge is 0.231 e. The number of hydrogen-bond donors (Lipinski definition) is 1. The highest BCUT2D eigenvalue weighted by Crippen LogP contribution is 2.31. The Morgan fingerprint density at radius 1 is 1.33 bits per heavy atom. The molecule has 0 amide bonds. The molecule has 0 atom stereocenters. The molecule has 0 fully saturated rings. The summed E-state index contributed by atoms with van der Waals surface area (Å²) in [6.45, 7) is 4.09. The minimum atomic E-state index is 0.267. The fourth-order valence-electron chi connectivity index (χ4n) is 1.48. The maximum atomic E-state index is 5.74. The number of pyridine rings is 1. The van der Waals surface area contributed by atoms with E-state index in [4.69, 9.17) is 10.3 Å². The van der Waals surface area contributed by atoms with E-state index in [9.17, 15) is 0 Å². The van der Waals surface area contributed by atoms with Crippen LogP contribution in [0.25, 0.3) is 11.3 Å². The first-order valence-electron chi connectivity index (χ1n) is 4.86. The van der Waals surface area contributed by atoms with Gasteiger partial charge in [-0.15, -0.1) is 0 Å². The lowest BCUT2D eigenvalue weighted by Crippen LogP contribution is -1.94. The maximum absolute atomic E-state index is 5.74. The van der Waals surface area contributed by atoms with Crippen molar-refractivity contribution < 1.29 is 4.52 Å². The van der Waals surface area contributed by atoms with Crippen LogP contribution < -0.4 is 5.73 Å². The van der Waals surface area contributed by atoms with E-state index in [-0.39, 0.29) is 5.92 Å². The number of rotatable bonds is 2. The van der Waals surface area contributed by atoms with Crippen molar-refractivity contribution >= 4 is 5.88 Å². The lowest BCUT2D eigenvalue weighted by molar-refractivity contribution is 0.424. The molecular formula is C11H13N3O. The molecule has 0 bridgehead atoms. The highest BCUT2D eigenvalue weighted by atomic mass is 16.5. The number of nitrogens with two attached hydrogens (primary N) is 1. The second-order valence-corrected chi connectivity index (χ2v) is 3.68. The van der Waals surface area contributed by atoms with Gasteiger partial charge in [0.05, 0.1) is 17.0 Å². The monoisotopic (exact) mass is 203 g/mol. The summed E-state index contributed by atoms with van der Waals surface area (Å²) in [5, 5.41) is 3.95. The van der Waals surface area contributed by atoms with Gasteiger partial charge >= 0.3 is 0 Å². The Morgan fingerprint density at radius 3 is 2.73 bits per heavy atom. The van der Waals surface area contributed by atoms with Gasteiger partial charge in [-0.05, 0) is 18.1 Å². The zero-order valence-electron chi connectivity index (χ0n) is 8.77. The first-order valence-corrected chi connectivity index (χ1v) is 4.86. The number of hydrogen-bond acceptors (Lipinski definition) is 4. The number of aromatic nitrogens is 2. The van der Waals surface area contributed by atoms with E-state index in [1.54, 1.807) is 6.20 Å². The van der Waals surface area contributed by atoms with Gasteiger partial charge < -0.3 is 10.3 Å². The molecule has 0 spiro atoms. The van der Waals surface area contributed by atoms with E-state index in [2.05, 4.69) is 10.1 Å². The summed E-state index contributed by atoms with van der Waals surface area (Å²) < 4.78 is 5.00. The Kier molecular flexibility index (Phi) is 2.41. The van der Waals surface area contributed by atoms with Crippen LogP contribution in [-0.2, 0) is 0 Å². The molecule has 2 aromatic rings. The zero-order valence-corrected chi connectivity index (χ0v) is 8.77. The van der Waals surface area contributed by atoms with Crippen LogP contribution in [0.2, 0.25) is 0 Å². The van der Waals surface area contributed by atoms with Gasteiger partial charge in [0.1, 0.15) is 0 Å². The third-order valence-electron chi connectivity index (χ3n) is 2.21. The summed E-state index contributed by atoms with van der Waals surface area (Å²) in [6.07, 6.45) is 1.73. The van der Waals surface area contributed by atoms with Crippen LogP contribution in [0.5, 0.6) is 0 Å². The molecule has 0 aromatic carbocycles. The number of nitrogen functional groups attached to an aromatic ring is 1. The highest BCUT2D eigenvalue weighted by Gasteiger charge is 2.18. The molecule has 0 aliphatic carbocycles. The van der Waals surface area contributed by atoms with Crippen LogP contribution in [0.15, 0.2) is 28.9 Å². The summed E-state index contributed by atoms with van der Waals surface area (Å²) in [4.78, 5) is 4.25. The predicted molar refractivity (Wildman–Crippen MR) is 58.2 cm³/mol. The van der Waals surface area contributed by atoms with Gasteiger partial charge in [-0.3, -0.25) is 4.98 Å². The normalized spacial score (nSPS) is 10.9. The topological polar surface area (TPSA) is 64.9 Å². The van der Waals surface area contributed by atoms with Gasteiger partial charge in [0.2, 0.25) is 5.88 Å². The van der Waals surface area contributed by atoms with E-state index >= 15 is 0 Å². The van der Waals surface area contributed by atoms with Crippen LogP contribution in [0.1, 0.15) is 25.5 Å². The molecule has 0 saturated carbocycles. The number of anilines is 1. The van der Waals surface area contributed by atoms with Gasteiger partial charge in [-0.25, -0.2) is 0 Å². The molecule has 4 nitrogen and oxygen atoms in total. The molecule has 2 N–H and O–H groups in total. The maximum Gasteiger partial charge on any atom is 0.231 e. The zero-order chi connectivity index (χ0) is 10.8. The van der Waals surface area contributed by atoms with Gasteiger partial charge in [0.15, 0.2) is 0 Å². The fraction of sp³-hybridized carbons (Fsp3) is 0.273. The SMILES string of the molecule is CC(C)c1noc(N)c1-c1ccccn1. The first-order chi connectivity index (χ1) is 7.20. The van der Waals surface area contributed by atoms with Crippen LogP contribution in [0, 0.1) is 0 Å². The van der Waals surface area contributed by atoms with Crippen molar-refractivity contribution in [3.05, 3.63) is 30.1 Å². The fourth-order valence-corrected chi connectivity index (χ4v) is 1.48. The second kappa shape index (κ2) is 3.73. The van der Waals surface area contributed by atoms with E-state index in [1.165, 1.54) is 0 Å². The largest absolute Gasteiger partial charge is 0.367 e. The van der Waals surface area contributed by atoms with Crippen molar-refractivity contribution in [1.82, 2.24) is 10.1 Å². The molecule has 2 rings (SSSR count). The molecule has 0 saturated heterocycles. The third kappa shape index (κ3) is 1.70. The lowest BCUT2D eigenvalue weighted by Gasteiger charge is -2.03. The molecule has 78 valence electrons. The van der Waals surface area contributed by atoms with Gasteiger partial charge in [-0.1, -0.05) is 25.1 Å². The van der Waals surface area contributed by atoms with Crippen LogP contribution in [0.4, 0.5) is 5.88 Å². The Hall–Kier alpha value is -1.84. The van der Waals surface area contributed by atoms with Crippen molar-refractivity contribution in [3.8, 4) is 11.3 Å². The molecule has 2 heterocycles. The van der Waals surface area contributed by atoms with Crippen molar-refractivity contribution in [3.63, 3.8) is 0 Å². The first kappa shape index (κ1) is 9.71. The Morgan fingerprint density at radius 2 is 2.13 bits per heavy atom. The molecule has 2 aromatic heterocycles. The minimum Gasteiger partial charge on any atom is -0.367 e. The average molecular weight is 203 g/mol. The summed E-state index contributed by atoms with van der Waals surface area (Å²) in [5.74, 6) is 0.598. The van der Waals surface area contributed by atoms with Crippen molar-refractivity contribution in [2.75, 3.05) is 5.73 Å². The molecule has 0 aliphatic rings. The molecule has 4 heteroatoms. The quantitative estimate of drug-likeness (QED) is 0.814. The molecule has 0 radical (unpaired) electrons. The summed E-state index contributed by atoms with van der Waals surface area (Å²) in [6, 6.07) is 5.68. The van der Waals surface area contributed by atoms with Crippen molar-refractivity contribution in [1.29, 1.82) is 0 Å². The second-order valence-electron chi connectivity index (χ2n) is 3.68. The lowest BCUT2D eigenvalue weighted by atomic mass is 10.0. The summed E-state index contributed by atoms with van der Waals surface area (Å²) in [5.41, 5.74) is 8.21. The van der Waals surface area contributed by atoms with Crippen molar-refractivity contribution in [2.45, 2.75) is 19.8 Å². The van der Waals surface area contributed by atoms with Crippen molar-refractivity contribution in [2.24, 2.45) is 0 Å². The van der Waals surface area contributed by atoms with E-state index < -0.39 is 0 Å². The molecule has 0 aliphatic heterocycles. The van der Waals surface area contributed by atoms with Crippen LogP contribution >= 0.6 is 0 Å². The van der Waals surface area contributed by atoms with Gasteiger partial charge in [0, 0.05) is 6.20 Å². The number of nitrogens with zero attached hydrogens (tertiary/aromatic N) is 2. The Bertz CT molecular complexity index is 448. The van der Waals surface area contributed by atoms with Gasteiger partial charge in [0.25, 0.3) is 0 Å². The van der Waals surface area contributed by atoms with E-state index in [1.807, 2.05) is 32.0 Å². The Labute approximate surface area is 88.1 Å². The molecule has 0 unspecified atom stereocenters. The van der Waals surface area contributed by atoms with Crippen LogP contribution in [0.3, 0.4) is 0 Å². The van der Waals surface area contributed by atoms with E-state index in [0.717, 1.165) is 17.0 Å². The van der Waals surface area contributed by atoms with Crippen LogP contribution in [-0.4, -0.2) is 10.1 Å². The standard InChI is InChI=1S/C11H13N3O/c1-7(2)10-9(11(12)15-14-10)8-5-3-4-6-13-8/h3-7H,12H2,1-2H3. The van der Waals surface area contributed by atoms with Gasteiger partial charge in [-0.2, -0.15) is 0 Å². The molecular weight excluding hydrogens is 190 g/mol. The predicted octanol–water partition coefficient (Wildman–Crippen LogP) is 2.44. The summed E-state index contributed by atoms with van der Waals surface area (Å²) in [7, 11) is 0. The van der Waals surface area contributed by atoms with E-state index in [0.29, 0.717) is 5.88 Å². The Balaban J connectivity index is 2.57. The average Bonchev–Trinajstić information content (AvgIpc) is 2.61. The highest BCUT2D eigenvalue weighted by molar-refractivity contribution is 5.72.